The van der Waals surface area contributed by atoms with Gasteiger partial charge in [0, 0.05) is 5.75 Å². The van der Waals surface area contributed by atoms with Gasteiger partial charge in [0.2, 0.25) is 0 Å². The van der Waals surface area contributed by atoms with Crippen LogP contribution in [0.1, 0.15) is 27.5 Å². The van der Waals surface area contributed by atoms with Gasteiger partial charge in [-0.1, -0.05) is 65.7 Å². The van der Waals surface area contributed by atoms with E-state index in [1.807, 2.05) is 17.8 Å². The van der Waals surface area contributed by atoms with Crippen LogP contribution >= 0.6 is 11.8 Å². The minimum absolute atomic E-state index is 0.388. The molecule has 2 rings (SSSR count). The number of hydrogen-bond acceptors (Lipinski definition) is 1. The summed E-state index contributed by atoms with van der Waals surface area (Å²) >= 11 is 1.92. The lowest BCUT2D eigenvalue weighted by Gasteiger charge is -2.17. The van der Waals surface area contributed by atoms with Gasteiger partial charge in [-0.15, -0.1) is 18.3 Å². The quantitative estimate of drug-likeness (QED) is 0.662. The number of hydrogen-bond donors (Lipinski definition) is 0. The third-order valence-electron chi connectivity index (χ3n) is 3.14. The summed E-state index contributed by atoms with van der Waals surface area (Å²) < 4.78 is 0. The van der Waals surface area contributed by atoms with Crippen molar-refractivity contribution < 1.29 is 0 Å². The maximum Gasteiger partial charge on any atom is 0.0549 e. The van der Waals surface area contributed by atoms with Gasteiger partial charge in [-0.3, -0.25) is 0 Å². The van der Waals surface area contributed by atoms with E-state index in [1.165, 1.54) is 22.3 Å². The Bertz CT molecular complexity index is 477. The van der Waals surface area contributed by atoms with Crippen LogP contribution < -0.4 is 0 Å². The fraction of sp³-hybridized carbons (Fsp3) is 0.222. The van der Waals surface area contributed by atoms with Crippen LogP contribution in [0.3, 0.4) is 0 Å². The van der Waals surface area contributed by atoms with Crippen LogP contribution in [0.15, 0.2) is 61.2 Å². The first kappa shape index (κ1) is 14.0. The molecule has 0 atom stereocenters. The molecule has 0 aliphatic carbocycles. The van der Waals surface area contributed by atoms with E-state index in [0.717, 1.165) is 5.75 Å². The molecule has 1 heteroatoms. The molecule has 2 aromatic rings. The van der Waals surface area contributed by atoms with Crippen molar-refractivity contribution in [1.82, 2.24) is 0 Å². The first-order valence-corrected chi connectivity index (χ1v) is 7.61. The van der Waals surface area contributed by atoms with Crippen molar-refractivity contribution in [3.8, 4) is 0 Å². The summed E-state index contributed by atoms with van der Waals surface area (Å²) in [5.74, 6) is 0.965. The lowest BCUT2D eigenvalue weighted by molar-refractivity contribution is 1.15. The molecule has 19 heavy (non-hydrogen) atoms. The average molecular weight is 268 g/mol. The number of rotatable bonds is 5. The molecular formula is C18H20S. The molecule has 0 aromatic heterocycles. The van der Waals surface area contributed by atoms with Gasteiger partial charge in [0.1, 0.15) is 0 Å². The van der Waals surface area contributed by atoms with Gasteiger partial charge < -0.3 is 0 Å². The zero-order valence-electron chi connectivity index (χ0n) is 11.6. The molecule has 0 amide bonds. The van der Waals surface area contributed by atoms with Crippen molar-refractivity contribution in [1.29, 1.82) is 0 Å². The summed E-state index contributed by atoms with van der Waals surface area (Å²) in [6, 6.07) is 17.7. The first-order valence-electron chi connectivity index (χ1n) is 6.56. The average Bonchev–Trinajstić information content (AvgIpc) is 2.43. The Morgan fingerprint density at radius 2 is 1.32 bits per heavy atom. The van der Waals surface area contributed by atoms with Crippen molar-refractivity contribution in [3.05, 3.63) is 83.4 Å². The molecule has 0 saturated heterocycles. The highest BCUT2D eigenvalue weighted by atomic mass is 32.2. The zero-order valence-corrected chi connectivity index (χ0v) is 12.4. The second-order valence-corrected chi connectivity index (χ2v) is 5.96. The number of thioether (sulfide) groups is 1. The number of aryl methyl sites for hydroxylation is 2. The van der Waals surface area contributed by atoms with Gasteiger partial charge in [-0.25, -0.2) is 0 Å². The van der Waals surface area contributed by atoms with Crippen LogP contribution in [0.5, 0.6) is 0 Å². The van der Waals surface area contributed by atoms with Gasteiger partial charge in [-0.2, -0.15) is 0 Å². The largest absolute Gasteiger partial charge is 0.145 e. The summed E-state index contributed by atoms with van der Waals surface area (Å²) in [5.41, 5.74) is 5.34. The molecule has 0 unspecified atom stereocenters. The fourth-order valence-electron chi connectivity index (χ4n) is 2.03. The molecule has 0 N–H and O–H groups in total. The van der Waals surface area contributed by atoms with Crippen LogP contribution in [0.25, 0.3) is 0 Å². The molecule has 98 valence electrons. The maximum atomic E-state index is 3.83. The van der Waals surface area contributed by atoms with Gasteiger partial charge in [-0.05, 0) is 25.0 Å². The molecule has 2 aromatic carbocycles. The summed E-state index contributed by atoms with van der Waals surface area (Å²) in [6.45, 7) is 8.08. The standard InChI is InChI=1S/C18H20S/c1-4-13-19-18(16-9-5-14(2)6-10-16)17-11-7-15(3)8-12-17/h4-12,18H,1,13H2,2-3H3. The van der Waals surface area contributed by atoms with Crippen molar-refractivity contribution >= 4 is 11.8 Å². The number of benzene rings is 2. The van der Waals surface area contributed by atoms with E-state index in [1.54, 1.807) is 0 Å². The summed E-state index contributed by atoms with van der Waals surface area (Å²) in [6.07, 6.45) is 1.97. The molecule has 0 aliphatic heterocycles. The first-order chi connectivity index (χ1) is 9.20. The van der Waals surface area contributed by atoms with Crippen LogP contribution in [0, 0.1) is 13.8 Å². The lowest BCUT2D eigenvalue weighted by Crippen LogP contribution is -1.98. The van der Waals surface area contributed by atoms with Gasteiger partial charge in [0.25, 0.3) is 0 Å². The van der Waals surface area contributed by atoms with Crippen molar-refractivity contribution in [3.63, 3.8) is 0 Å². The maximum absolute atomic E-state index is 3.83. The minimum atomic E-state index is 0.388. The molecule has 0 radical (unpaired) electrons. The van der Waals surface area contributed by atoms with E-state index >= 15 is 0 Å². The third-order valence-corrected chi connectivity index (χ3v) is 4.45. The Balaban J connectivity index is 2.31. The second-order valence-electron chi connectivity index (χ2n) is 4.82. The van der Waals surface area contributed by atoms with Crippen molar-refractivity contribution in [2.45, 2.75) is 19.1 Å². The molecule has 0 spiro atoms. The molecule has 0 nitrogen and oxygen atoms in total. The van der Waals surface area contributed by atoms with Gasteiger partial charge in [0.05, 0.1) is 5.25 Å². The van der Waals surface area contributed by atoms with E-state index < -0.39 is 0 Å². The SMILES string of the molecule is C=CCSC(c1ccc(C)cc1)c1ccc(C)cc1. The van der Waals surface area contributed by atoms with Crippen molar-refractivity contribution in [2.24, 2.45) is 0 Å². The zero-order chi connectivity index (χ0) is 13.7. The van der Waals surface area contributed by atoms with E-state index in [-0.39, 0.29) is 0 Å². The van der Waals surface area contributed by atoms with Crippen molar-refractivity contribution in [2.75, 3.05) is 5.75 Å². The Labute approximate surface area is 120 Å². The van der Waals surface area contributed by atoms with Crippen LogP contribution in [0.2, 0.25) is 0 Å². The third kappa shape index (κ3) is 3.74. The highest BCUT2D eigenvalue weighted by Crippen LogP contribution is 2.35. The van der Waals surface area contributed by atoms with E-state index in [2.05, 4.69) is 69.0 Å². The molecular weight excluding hydrogens is 248 g/mol. The Morgan fingerprint density at radius 3 is 1.68 bits per heavy atom. The smallest absolute Gasteiger partial charge is 0.0549 e. The summed E-state index contributed by atoms with van der Waals surface area (Å²) in [5, 5.41) is 0.388. The predicted octanol–water partition coefficient (Wildman–Crippen LogP) is 5.31. The van der Waals surface area contributed by atoms with Crippen LogP contribution in [0.4, 0.5) is 0 Å². The topological polar surface area (TPSA) is 0 Å². The Morgan fingerprint density at radius 1 is 0.895 bits per heavy atom. The molecule has 0 bridgehead atoms. The monoisotopic (exact) mass is 268 g/mol. The van der Waals surface area contributed by atoms with E-state index in [4.69, 9.17) is 0 Å². The highest BCUT2D eigenvalue weighted by molar-refractivity contribution is 7.99. The molecule has 0 heterocycles. The minimum Gasteiger partial charge on any atom is -0.145 e. The lowest BCUT2D eigenvalue weighted by atomic mass is 10.0. The molecule has 0 fully saturated rings. The summed E-state index contributed by atoms with van der Waals surface area (Å²) in [4.78, 5) is 0. The Kier molecular flexibility index (Phi) is 4.86. The van der Waals surface area contributed by atoms with Crippen LogP contribution in [-0.2, 0) is 0 Å². The molecule has 0 aliphatic rings. The Hall–Kier alpha value is -1.47. The second kappa shape index (κ2) is 6.63. The van der Waals surface area contributed by atoms with Gasteiger partial charge >= 0.3 is 0 Å². The van der Waals surface area contributed by atoms with Crippen LogP contribution in [-0.4, -0.2) is 5.75 Å². The normalized spacial score (nSPS) is 10.7. The highest BCUT2D eigenvalue weighted by Gasteiger charge is 2.13. The summed E-state index contributed by atoms with van der Waals surface area (Å²) in [7, 11) is 0. The molecule has 0 saturated carbocycles. The van der Waals surface area contributed by atoms with E-state index in [9.17, 15) is 0 Å². The predicted molar refractivity (Wildman–Crippen MR) is 86.9 cm³/mol. The van der Waals surface area contributed by atoms with E-state index in [0.29, 0.717) is 5.25 Å². The van der Waals surface area contributed by atoms with Gasteiger partial charge in [0.15, 0.2) is 0 Å². The fourth-order valence-corrected chi connectivity index (χ4v) is 3.06.